The minimum Gasteiger partial charge on any atom is -0.435 e. The van der Waals surface area contributed by atoms with E-state index < -0.39 is 27.2 Å². The van der Waals surface area contributed by atoms with Crippen LogP contribution < -0.4 is 14.9 Å². The van der Waals surface area contributed by atoms with Gasteiger partial charge in [0.05, 0.1) is 21.7 Å². The number of nitrogens with zero attached hydrogens (tertiary/aromatic N) is 2. The minimum atomic E-state index is -4.12. The summed E-state index contributed by atoms with van der Waals surface area (Å²) in [4.78, 5) is 10.4. The minimum absolute atomic E-state index is 0.0334. The van der Waals surface area contributed by atoms with Crippen LogP contribution in [-0.2, 0) is 10.0 Å². The quantitative estimate of drug-likeness (QED) is 0.241. The van der Waals surface area contributed by atoms with Crippen LogP contribution in [-0.4, -0.2) is 26.2 Å². The van der Waals surface area contributed by atoms with E-state index in [0.717, 1.165) is 6.07 Å². The Kier molecular flexibility index (Phi) is 7.41. The smallest absolute Gasteiger partial charge is 0.387 e. The molecule has 0 unspecified atom stereocenters. The van der Waals surface area contributed by atoms with Gasteiger partial charge in [0.2, 0.25) is 0 Å². The van der Waals surface area contributed by atoms with Crippen LogP contribution in [0.5, 0.6) is 5.75 Å². The Labute approximate surface area is 191 Å². The van der Waals surface area contributed by atoms with E-state index in [1.807, 2.05) is 0 Å². The van der Waals surface area contributed by atoms with Gasteiger partial charge in [-0.1, -0.05) is 17.7 Å². The highest BCUT2D eigenvalue weighted by Crippen LogP contribution is 2.29. The molecule has 3 rings (SSSR count). The normalized spacial score (nSPS) is 11.5. The molecule has 0 saturated carbocycles. The van der Waals surface area contributed by atoms with Crippen LogP contribution >= 0.6 is 11.6 Å². The third-order valence-electron chi connectivity index (χ3n) is 4.06. The molecule has 0 spiro atoms. The van der Waals surface area contributed by atoms with Gasteiger partial charge in [-0.25, -0.2) is 8.42 Å². The van der Waals surface area contributed by atoms with Crippen molar-refractivity contribution in [2.24, 2.45) is 5.10 Å². The maximum atomic E-state index is 12.6. The van der Waals surface area contributed by atoms with Crippen LogP contribution in [0.15, 0.2) is 76.7 Å². The molecule has 0 fully saturated rings. The van der Waals surface area contributed by atoms with Crippen molar-refractivity contribution < 1.29 is 26.9 Å². The third-order valence-corrected chi connectivity index (χ3v) is 5.67. The van der Waals surface area contributed by atoms with Crippen LogP contribution in [0.3, 0.4) is 0 Å². The molecule has 0 amide bonds. The summed E-state index contributed by atoms with van der Waals surface area (Å²) in [6, 6.07) is 14.8. The molecule has 13 heteroatoms. The van der Waals surface area contributed by atoms with E-state index in [1.165, 1.54) is 54.7 Å². The average molecular weight is 497 g/mol. The SMILES string of the molecule is O=[N+]([O-])c1cc(S(=O)(=O)Nc2cccc(Cl)c2)ccc1NN=Cc1ccc(OC(F)F)cc1. The second-order valence-corrected chi connectivity index (χ2v) is 8.49. The van der Waals surface area contributed by atoms with Crippen molar-refractivity contribution in [2.45, 2.75) is 11.5 Å². The Bertz CT molecular complexity index is 1290. The van der Waals surface area contributed by atoms with E-state index >= 15 is 0 Å². The molecule has 0 radical (unpaired) electrons. The summed E-state index contributed by atoms with van der Waals surface area (Å²) < 4.78 is 56.1. The number of anilines is 2. The molecule has 0 aliphatic heterocycles. The summed E-state index contributed by atoms with van der Waals surface area (Å²) >= 11 is 5.85. The van der Waals surface area contributed by atoms with Crippen molar-refractivity contribution in [3.63, 3.8) is 0 Å². The van der Waals surface area contributed by atoms with Gasteiger partial charge < -0.3 is 4.74 Å². The zero-order valence-electron chi connectivity index (χ0n) is 16.5. The monoisotopic (exact) mass is 496 g/mol. The van der Waals surface area contributed by atoms with Gasteiger partial charge in [0.25, 0.3) is 15.7 Å². The fourth-order valence-corrected chi connectivity index (χ4v) is 3.86. The fourth-order valence-electron chi connectivity index (χ4n) is 2.60. The Morgan fingerprint density at radius 2 is 1.82 bits per heavy atom. The standard InChI is InChI=1S/C20H15ClF2N4O5S/c21-14-2-1-3-15(10-14)26-33(30,31)17-8-9-18(19(11-17)27(28)29)25-24-12-13-4-6-16(7-5-13)32-20(22)23/h1-12,20,25-26H. The number of alkyl halides is 2. The molecule has 0 saturated heterocycles. The number of hydrazone groups is 1. The van der Waals surface area contributed by atoms with Crippen LogP contribution in [0.1, 0.15) is 5.56 Å². The van der Waals surface area contributed by atoms with E-state index in [9.17, 15) is 27.3 Å². The topological polar surface area (TPSA) is 123 Å². The summed E-state index contributed by atoms with van der Waals surface area (Å²) in [5.74, 6) is -0.0334. The molecule has 0 heterocycles. The summed E-state index contributed by atoms with van der Waals surface area (Å²) in [6.07, 6.45) is 1.29. The van der Waals surface area contributed by atoms with Crippen LogP contribution in [0.2, 0.25) is 5.02 Å². The lowest BCUT2D eigenvalue weighted by molar-refractivity contribution is -0.384. The van der Waals surface area contributed by atoms with E-state index in [-0.39, 0.29) is 22.0 Å². The number of ether oxygens (including phenoxy) is 1. The first-order valence-corrected chi connectivity index (χ1v) is 10.9. The summed E-state index contributed by atoms with van der Waals surface area (Å²) in [5, 5.41) is 15.6. The van der Waals surface area contributed by atoms with Gasteiger partial charge >= 0.3 is 6.61 Å². The predicted octanol–water partition coefficient (Wildman–Crippen LogP) is 5.10. The first-order chi connectivity index (χ1) is 15.6. The zero-order valence-corrected chi connectivity index (χ0v) is 18.1. The van der Waals surface area contributed by atoms with Crippen LogP contribution in [0.4, 0.5) is 25.8 Å². The number of sulfonamides is 1. The lowest BCUT2D eigenvalue weighted by Gasteiger charge is -2.09. The summed E-state index contributed by atoms with van der Waals surface area (Å²) in [5.41, 5.74) is 2.58. The number of benzene rings is 3. The van der Waals surface area contributed by atoms with E-state index in [1.54, 1.807) is 12.1 Å². The molecule has 0 aliphatic rings. The molecule has 0 atom stereocenters. The molecule has 2 N–H and O–H groups in total. The number of nitro benzene ring substituents is 1. The van der Waals surface area contributed by atoms with Gasteiger partial charge in [0, 0.05) is 11.1 Å². The maximum Gasteiger partial charge on any atom is 0.387 e. The van der Waals surface area contributed by atoms with Crippen molar-refractivity contribution in [3.8, 4) is 5.75 Å². The number of rotatable bonds is 9. The van der Waals surface area contributed by atoms with Crippen molar-refractivity contribution in [1.82, 2.24) is 0 Å². The van der Waals surface area contributed by atoms with E-state index in [4.69, 9.17) is 11.6 Å². The lowest BCUT2D eigenvalue weighted by atomic mass is 10.2. The Morgan fingerprint density at radius 1 is 1.09 bits per heavy atom. The van der Waals surface area contributed by atoms with Gasteiger partial charge in [-0.15, -0.1) is 0 Å². The highest BCUT2D eigenvalue weighted by molar-refractivity contribution is 7.92. The predicted molar refractivity (Wildman–Crippen MR) is 120 cm³/mol. The summed E-state index contributed by atoms with van der Waals surface area (Å²) in [7, 11) is -4.12. The first kappa shape index (κ1) is 23.9. The summed E-state index contributed by atoms with van der Waals surface area (Å²) in [6.45, 7) is -2.95. The number of hydrogen-bond acceptors (Lipinski definition) is 7. The Hall–Kier alpha value is -3.77. The molecule has 0 bridgehead atoms. The van der Waals surface area contributed by atoms with Crippen molar-refractivity contribution in [1.29, 1.82) is 0 Å². The van der Waals surface area contributed by atoms with Crippen molar-refractivity contribution in [3.05, 3.63) is 87.4 Å². The number of halogens is 3. The van der Waals surface area contributed by atoms with E-state index in [0.29, 0.717) is 10.6 Å². The molecule has 3 aromatic carbocycles. The Balaban J connectivity index is 1.77. The van der Waals surface area contributed by atoms with Crippen LogP contribution in [0, 0.1) is 10.1 Å². The van der Waals surface area contributed by atoms with Crippen molar-refractivity contribution in [2.75, 3.05) is 10.1 Å². The third kappa shape index (κ3) is 6.60. The lowest BCUT2D eigenvalue weighted by Crippen LogP contribution is -2.13. The molecular weight excluding hydrogens is 482 g/mol. The van der Waals surface area contributed by atoms with Gasteiger partial charge in [-0.05, 0) is 60.2 Å². The van der Waals surface area contributed by atoms with Gasteiger partial charge in [-0.3, -0.25) is 20.3 Å². The molecule has 33 heavy (non-hydrogen) atoms. The van der Waals surface area contributed by atoms with E-state index in [2.05, 4.69) is 20.0 Å². The molecular formula is C20H15ClF2N4O5S. The average Bonchev–Trinajstić information content (AvgIpc) is 2.74. The molecule has 172 valence electrons. The maximum absolute atomic E-state index is 12.6. The molecule has 3 aromatic rings. The van der Waals surface area contributed by atoms with Gasteiger partial charge in [-0.2, -0.15) is 13.9 Å². The molecule has 0 aliphatic carbocycles. The molecule has 0 aromatic heterocycles. The second kappa shape index (κ2) is 10.2. The van der Waals surface area contributed by atoms with Gasteiger partial charge in [0.15, 0.2) is 0 Å². The van der Waals surface area contributed by atoms with Gasteiger partial charge in [0.1, 0.15) is 11.4 Å². The first-order valence-electron chi connectivity index (χ1n) is 9.05. The van der Waals surface area contributed by atoms with Crippen molar-refractivity contribution >= 4 is 44.9 Å². The molecule has 9 nitrogen and oxygen atoms in total. The highest BCUT2D eigenvalue weighted by Gasteiger charge is 2.21. The zero-order chi connectivity index (χ0) is 24.0. The highest BCUT2D eigenvalue weighted by atomic mass is 35.5. The Morgan fingerprint density at radius 3 is 2.45 bits per heavy atom. The number of nitro groups is 1. The van der Waals surface area contributed by atoms with Crippen LogP contribution in [0.25, 0.3) is 0 Å². The largest absolute Gasteiger partial charge is 0.435 e. The number of hydrogen-bond donors (Lipinski definition) is 2. The second-order valence-electron chi connectivity index (χ2n) is 6.37. The fraction of sp³-hybridized carbons (Fsp3) is 0.0500. The number of nitrogens with one attached hydrogen (secondary N) is 2.